The van der Waals surface area contributed by atoms with Crippen molar-refractivity contribution in [1.82, 2.24) is 4.57 Å². The molecule has 2 N–H and O–H groups in total. The molecule has 1 heterocycles. The zero-order chi connectivity index (χ0) is 27.9. The van der Waals surface area contributed by atoms with Gasteiger partial charge in [0.1, 0.15) is 18.1 Å². The fourth-order valence-electron chi connectivity index (χ4n) is 4.10. The van der Waals surface area contributed by atoms with Crippen LogP contribution in [0.4, 0.5) is 0 Å². The highest BCUT2D eigenvalue weighted by atomic mass is 32.1. The number of carbonyl (C=O) groups excluding carboxylic acids is 1. The molecule has 4 rings (SSSR count). The van der Waals surface area contributed by atoms with Crippen LogP contribution in [-0.2, 0) is 27.3 Å². The Balaban J connectivity index is 1.40. The molecule has 1 unspecified atom stereocenters. The topological polar surface area (TPSA) is 127 Å². The molecule has 0 spiro atoms. The Morgan fingerprint density at radius 2 is 1.72 bits per heavy atom. The van der Waals surface area contributed by atoms with Gasteiger partial charge in [-0.25, -0.2) is 0 Å². The standard InChI is InChI=1S/C29H28N2O7S/c1-18(2)38-28(34)23(27(32)33)16-19-8-11-22(12-9-19)37-15-14-31-24-13-10-21(17-25(24)39-29(31)35)26(30-36)20-6-4-3-5-7-20/h3-13,17-18,23,36H,14-16H2,1-2H3,(H,32,33)/b30-26+. The number of rotatable bonds is 11. The lowest BCUT2D eigenvalue weighted by Crippen LogP contribution is -2.29. The van der Waals surface area contributed by atoms with Crippen LogP contribution in [0.2, 0.25) is 0 Å². The van der Waals surface area contributed by atoms with Crippen molar-refractivity contribution in [2.45, 2.75) is 32.9 Å². The normalized spacial score (nSPS) is 12.4. The van der Waals surface area contributed by atoms with Crippen molar-refractivity contribution < 1.29 is 29.4 Å². The van der Waals surface area contributed by atoms with Crippen LogP contribution in [0.1, 0.15) is 30.5 Å². The number of ether oxygens (including phenoxy) is 2. The van der Waals surface area contributed by atoms with Crippen LogP contribution >= 0.6 is 11.3 Å². The molecule has 3 aromatic carbocycles. The fourth-order valence-corrected chi connectivity index (χ4v) is 5.06. The predicted molar refractivity (Wildman–Crippen MR) is 148 cm³/mol. The van der Waals surface area contributed by atoms with Crippen LogP contribution in [-0.4, -0.2) is 45.2 Å². The quantitative estimate of drug-likeness (QED) is 0.0924. The van der Waals surface area contributed by atoms with Gasteiger partial charge in [0.2, 0.25) is 0 Å². The number of hydrogen-bond acceptors (Lipinski definition) is 8. The second-order valence-corrected chi connectivity index (χ2v) is 10.1. The van der Waals surface area contributed by atoms with E-state index in [1.54, 1.807) is 42.7 Å². The average Bonchev–Trinajstić information content (AvgIpc) is 3.22. The highest BCUT2D eigenvalue weighted by Gasteiger charge is 2.28. The van der Waals surface area contributed by atoms with Gasteiger partial charge in [-0.2, -0.15) is 0 Å². The Bertz CT molecular complexity index is 1540. The number of aliphatic carboxylic acids is 1. The van der Waals surface area contributed by atoms with Crippen LogP contribution < -0.4 is 9.61 Å². The molecule has 9 nitrogen and oxygen atoms in total. The summed E-state index contributed by atoms with van der Waals surface area (Å²) in [5, 5.41) is 22.5. The van der Waals surface area contributed by atoms with Gasteiger partial charge >= 0.3 is 16.8 Å². The second kappa shape index (κ2) is 12.4. The number of carboxylic acids is 1. The highest BCUT2D eigenvalue weighted by molar-refractivity contribution is 7.16. The summed E-state index contributed by atoms with van der Waals surface area (Å²) in [6.07, 6.45) is -0.391. The third-order valence-electron chi connectivity index (χ3n) is 5.97. The predicted octanol–water partition coefficient (Wildman–Crippen LogP) is 4.56. The molecule has 0 saturated heterocycles. The van der Waals surface area contributed by atoms with Gasteiger partial charge in [-0.05, 0) is 50.1 Å². The minimum Gasteiger partial charge on any atom is -0.492 e. The number of oxime groups is 1. The van der Waals surface area contributed by atoms with Crippen molar-refractivity contribution in [1.29, 1.82) is 0 Å². The molecule has 0 saturated carbocycles. The lowest BCUT2D eigenvalue weighted by atomic mass is 9.99. The Morgan fingerprint density at radius 1 is 1.00 bits per heavy atom. The summed E-state index contributed by atoms with van der Waals surface area (Å²) in [4.78, 5) is 36.2. The maximum absolute atomic E-state index is 12.7. The first-order valence-corrected chi connectivity index (χ1v) is 13.1. The summed E-state index contributed by atoms with van der Waals surface area (Å²) in [5.41, 5.74) is 3.30. The van der Waals surface area contributed by atoms with E-state index in [0.29, 0.717) is 29.1 Å². The number of fused-ring (bicyclic) bond motifs is 1. The minimum atomic E-state index is -1.29. The van der Waals surface area contributed by atoms with Crippen molar-refractivity contribution >= 4 is 39.2 Å². The first-order chi connectivity index (χ1) is 18.8. The van der Waals surface area contributed by atoms with E-state index in [0.717, 1.165) is 27.1 Å². The van der Waals surface area contributed by atoms with E-state index in [-0.39, 0.29) is 17.9 Å². The number of esters is 1. The summed E-state index contributed by atoms with van der Waals surface area (Å²) in [6, 6.07) is 21.6. The SMILES string of the molecule is CC(C)OC(=O)C(Cc1ccc(OCCn2c(=O)sc3cc(/C(=N/O)c4ccccc4)ccc32)cc1)C(=O)O. The van der Waals surface area contributed by atoms with E-state index in [1.165, 1.54) is 0 Å². The van der Waals surface area contributed by atoms with Gasteiger partial charge in [0.25, 0.3) is 0 Å². The Hall–Kier alpha value is -4.44. The third-order valence-corrected chi connectivity index (χ3v) is 6.91. The van der Waals surface area contributed by atoms with Gasteiger partial charge in [-0.3, -0.25) is 19.0 Å². The molecule has 0 radical (unpaired) electrons. The van der Waals surface area contributed by atoms with Gasteiger partial charge in [0.05, 0.1) is 22.9 Å². The molecule has 4 aromatic rings. The van der Waals surface area contributed by atoms with Gasteiger partial charge in [0.15, 0.2) is 5.92 Å². The number of aromatic nitrogens is 1. The summed E-state index contributed by atoms with van der Waals surface area (Å²) < 4.78 is 13.3. The summed E-state index contributed by atoms with van der Waals surface area (Å²) in [6.45, 7) is 3.89. The summed E-state index contributed by atoms with van der Waals surface area (Å²) in [5.74, 6) is -2.73. The molecule has 0 aliphatic heterocycles. The Kier molecular flexibility index (Phi) is 8.77. The second-order valence-electron chi connectivity index (χ2n) is 9.09. The highest BCUT2D eigenvalue weighted by Crippen LogP contribution is 2.22. The first kappa shape index (κ1) is 27.6. The van der Waals surface area contributed by atoms with E-state index < -0.39 is 24.0 Å². The van der Waals surface area contributed by atoms with Gasteiger partial charge in [0, 0.05) is 11.1 Å². The lowest BCUT2D eigenvalue weighted by Gasteiger charge is -2.14. The summed E-state index contributed by atoms with van der Waals surface area (Å²) in [7, 11) is 0. The number of carboxylic acid groups (broad SMARTS) is 1. The van der Waals surface area contributed by atoms with E-state index in [4.69, 9.17) is 9.47 Å². The zero-order valence-electron chi connectivity index (χ0n) is 21.4. The molecule has 1 atom stereocenters. The van der Waals surface area contributed by atoms with Crippen molar-refractivity contribution in [3.8, 4) is 5.75 Å². The smallest absolute Gasteiger partial charge is 0.320 e. The zero-order valence-corrected chi connectivity index (χ0v) is 22.3. The largest absolute Gasteiger partial charge is 0.492 e. The molecule has 0 fully saturated rings. The van der Waals surface area contributed by atoms with Crippen LogP contribution in [0.5, 0.6) is 5.75 Å². The molecular weight excluding hydrogens is 520 g/mol. The molecule has 202 valence electrons. The van der Waals surface area contributed by atoms with Crippen molar-refractivity contribution in [3.63, 3.8) is 0 Å². The van der Waals surface area contributed by atoms with E-state index >= 15 is 0 Å². The van der Waals surface area contributed by atoms with Crippen molar-refractivity contribution in [3.05, 3.63) is 99.2 Å². The number of carbonyl (C=O) groups is 2. The minimum absolute atomic E-state index is 0.00637. The molecule has 0 aliphatic rings. The molecule has 39 heavy (non-hydrogen) atoms. The maximum Gasteiger partial charge on any atom is 0.320 e. The van der Waals surface area contributed by atoms with Crippen molar-refractivity contribution in [2.24, 2.45) is 11.1 Å². The fraction of sp³-hybridized carbons (Fsp3) is 0.241. The number of benzene rings is 3. The molecule has 10 heteroatoms. The van der Waals surface area contributed by atoms with Gasteiger partial charge in [-0.1, -0.05) is 65.0 Å². The molecule has 0 bridgehead atoms. The monoisotopic (exact) mass is 548 g/mol. The Labute approximate surface area is 228 Å². The number of thiazole rings is 1. The lowest BCUT2D eigenvalue weighted by molar-refractivity contribution is -0.161. The first-order valence-electron chi connectivity index (χ1n) is 12.3. The van der Waals surface area contributed by atoms with E-state index in [2.05, 4.69) is 5.16 Å². The van der Waals surface area contributed by atoms with Crippen LogP contribution in [0.15, 0.2) is 82.7 Å². The number of hydrogen-bond donors (Lipinski definition) is 2. The maximum atomic E-state index is 12.7. The Morgan fingerprint density at radius 3 is 2.36 bits per heavy atom. The van der Waals surface area contributed by atoms with Crippen molar-refractivity contribution in [2.75, 3.05) is 6.61 Å². The van der Waals surface area contributed by atoms with Gasteiger partial charge < -0.3 is 19.8 Å². The molecule has 1 aromatic heterocycles. The van der Waals surface area contributed by atoms with E-state index in [1.807, 2.05) is 48.5 Å². The molecule has 0 amide bonds. The summed E-state index contributed by atoms with van der Waals surface area (Å²) >= 11 is 1.11. The average molecular weight is 549 g/mol. The number of nitrogens with zero attached hydrogens (tertiary/aromatic N) is 2. The molecular formula is C29H28N2O7S. The van der Waals surface area contributed by atoms with Crippen LogP contribution in [0.3, 0.4) is 0 Å². The molecule has 0 aliphatic carbocycles. The van der Waals surface area contributed by atoms with Crippen LogP contribution in [0, 0.1) is 5.92 Å². The third kappa shape index (κ3) is 6.71. The van der Waals surface area contributed by atoms with Crippen LogP contribution in [0.25, 0.3) is 10.2 Å². The van der Waals surface area contributed by atoms with Gasteiger partial charge in [-0.15, -0.1) is 0 Å². The van der Waals surface area contributed by atoms with E-state index in [9.17, 15) is 24.7 Å².